The highest BCUT2D eigenvalue weighted by molar-refractivity contribution is 5.77. The van der Waals surface area contributed by atoms with E-state index in [1.165, 1.54) is 0 Å². The first-order chi connectivity index (χ1) is 13.1. The number of ether oxygens (including phenoxy) is 1. The van der Waals surface area contributed by atoms with Crippen molar-refractivity contribution in [3.63, 3.8) is 0 Å². The number of carbonyl (C=O) groups excluding carboxylic acids is 1. The summed E-state index contributed by atoms with van der Waals surface area (Å²) in [7, 11) is 0. The minimum absolute atomic E-state index is 0.0844. The number of nitrogens with one attached hydrogen (secondary N) is 1. The van der Waals surface area contributed by atoms with Gasteiger partial charge >= 0.3 is 0 Å². The number of rotatable bonds is 8. The van der Waals surface area contributed by atoms with E-state index in [0.29, 0.717) is 43.0 Å². The van der Waals surface area contributed by atoms with Gasteiger partial charge in [0, 0.05) is 38.3 Å². The maximum Gasteiger partial charge on any atom is 0.234 e. The van der Waals surface area contributed by atoms with Crippen LogP contribution in [0.2, 0.25) is 0 Å². The molecule has 2 N–H and O–H groups in total. The quantitative estimate of drug-likeness (QED) is 0.694. The first-order valence-corrected chi connectivity index (χ1v) is 9.65. The van der Waals surface area contributed by atoms with Crippen LogP contribution in [0.4, 0.5) is 0 Å². The summed E-state index contributed by atoms with van der Waals surface area (Å²) in [6.45, 7) is 5.61. The van der Waals surface area contributed by atoms with Crippen molar-refractivity contribution < 1.29 is 14.6 Å². The Morgan fingerprint density at radius 3 is 2.59 bits per heavy atom. The Balaban J connectivity index is 1.45. The van der Waals surface area contributed by atoms with Crippen molar-refractivity contribution in [3.8, 4) is 11.8 Å². The van der Waals surface area contributed by atoms with E-state index in [2.05, 4.69) is 21.2 Å². The number of nitriles is 1. The molecule has 2 aliphatic heterocycles. The minimum Gasteiger partial charge on any atom is -0.491 e. The van der Waals surface area contributed by atoms with Crippen LogP contribution < -0.4 is 10.1 Å². The van der Waals surface area contributed by atoms with Gasteiger partial charge in [0.1, 0.15) is 18.5 Å². The zero-order valence-electron chi connectivity index (χ0n) is 15.8. The van der Waals surface area contributed by atoms with E-state index in [1.807, 2.05) is 6.92 Å². The molecule has 7 heteroatoms. The molecule has 0 radical (unpaired) electrons. The number of benzene rings is 1. The molecule has 0 spiro atoms. The molecule has 2 bridgehead atoms. The van der Waals surface area contributed by atoms with Gasteiger partial charge < -0.3 is 15.2 Å². The van der Waals surface area contributed by atoms with Crippen LogP contribution >= 0.6 is 0 Å². The van der Waals surface area contributed by atoms with Gasteiger partial charge in [0.25, 0.3) is 0 Å². The number of carbonyl (C=O) groups is 1. The number of piperazine rings is 1. The van der Waals surface area contributed by atoms with Crippen molar-refractivity contribution >= 4 is 5.91 Å². The van der Waals surface area contributed by atoms with Crippen LogP contribution in [-0.4, -0.2) is 78.3 Å². The van der Waals surface area contributed by atoms with Crippen molar-refractivity contribution in [2.24, 2.45) is 0 Å². The second-order valence-electron chi connectivity index (χ2n) is 7.33. The summed E-state index contributed by atoms with van der Waals surface area (Å²) in [6.07, 6.45) is 1.65. The lowest BCUT2D eigenvalue weighted by Crippen LogP contribution is -2.57. The van der Waals surface area contributed by atoms with Gasteiger partial charge in [-0.1, -0.05) is 0 Å². The van der Waals surface area contributed by atoms with Crippen LogP contribution in [0.3, 0.4) is 0 Å². The van der Waals surface area contributed by atoms with Crippen LogP contribution in [0.15, 0.2) is 24.3 Å². The average Bonchev–Trinajstić information content (AvgIpc) is 2.89. The summed E-state index contributed by atoms with van der Waals surface area (Å²) < 4.78 is 5.65. The van der Waals surface area contributed by atoms with Crippen molar-refractivity contribution in [3.05, 3.63) is 29.8 Å². The van der Waals surface area contributed by atoms with E-state index in [9.17, 15) is 9.90 Å². The molecule has 7 nitrogen and oxygen atoms in total. The molecule has 2 aliphatic rings. The predicted molar refractivity (Wildman–Crippen MR) is 101 cm³/mol. The number of likely N-dealkylation sites (tertiary alicyclic amines) is 1. The summed E-state index contributed by atoms with van der Waals surface area (Å²) in [5.74, 6) is 0.740. The number of amides is 1. The third-order valence-corrected chi connectivity index (χ3v) is 5.30. The zero-order valence-corrected chi connectivity index (χ0v) is 15.8. The molecule has 27 heavy (non-hydrogen) atoms. The summed E-state index contributed by atoms with van der Waals surface area (Å²) in [4.78, 5) is 16.4. The standard InChI is InChI=1S/C20H28N4O3/c1-2-22-20(26)13-23-10-16-5-6-17(11-23)24(16)12-18(25)14-27-19-7-3-15(9-21)4-8-19/h3-4,7-8,16-18,25H,2,5-6,10-14H2,1H3,(H,22,26). The zero-order chi connectivity index (χ0) is 19.2. The van der Waals surface area contributed by atoms with Crippen molar-refractivity contribution in [2.75, 3.05) is 39.3 Å². The average molecular weight is 372 g/mol. The van der Waals surface area contributed by atoms with Crippen LogP contribution in [0.5, 0.6) is 5.75 Å². The van der Waals surface area contributed by atoms with E-state index in [4.69, 9.17) is 10.00 Å². The Hall–Kier alpha value is -2.14. The highest BCUT2D eigenvalue weighted by Crippen LogP contribution is 2.30. The molecule has 2 saturated heterocycles. The lowest BCUT2D eigenvalue weighted by atomic mass is 10.1. The lowest BCUT2D eigenvalue weighted by Gasteiger charge is -2.41. The van der Waals surface area contributed by atoms with Crippen molar-refractivity contribution in [1.82, 2.24) is 15.1 Å². The van der Waals surface area contributed by atoms with Crippen LogP contribution in [0.25, 0.3) is 0 Å². The first-order valence-electron chi connectivity index (χ1n) is 9.65. The van der Waals surface area contributed by atoms with Gasteiger partial charge in [0.15, 0.2) is 0 Å². The summed E-state index contributed by atoms with van der Waals surface area (Å²) in [5, 5.41) is 22.1. The monoisotopic (exact) mass is 372 g/mol. The Bertz CT molecular complexity index is 659. The Labute approximate surface area is 160 Å². The second kappa shape index (κ2) is 9.18. The number of likely N-dealkylation sites (N-methyl/N-ethyl adjacent to an activating group) is 1. The van der Waals surface area contributed by atoms with Crippen molar-refractivity contribution in [1.29, 1.82) is 5.26 Å². The van der Waals surface area contributed by atoms with Crippen molar-refractivity contribution in [2.45, 2.75) is 38.0 Å². The fourth-order valence-electron chi connectivity index (χ4n) is 4.08. The fraction of sp³-hybridized carbons (Fsp3) is 0.600. The largest absolute Gasteiger partial charge is 0.491 e. The SMILES string of the molecule is CCNC(=O)CN1CC2CCC(C1)N2CC(O)COc1ccc(C#N)cc1. The van der Waals surface area contributed by atoms with E-state index < -0.39 is 6.10 Å². The molecule has 0 aliphatic carbocycles. The topological polar surface area (TPSA) is 88.8 Å². The van der Waals surface area contributed by atoms with Gasteiger partial charge in [-0.25, -0.2) is 0 Å². The summed E-state index contributed by atoms with van der Waals surface area (Å²) in [6, 6.07) is 9.75. The third-order valence-electron chi connectivity index (χ3n) is 5.30. The van der Waals surface area contributed by atoms with E-state index >= 15 is 0 Å². The maximum absolute atomic E-state index is 11.8. The fourth-order valence-corrected chi connectivity index (χ4v) is 4.08. The molecule has 3 unspecified atom stereocenters. The molecule has 1 aromatic carbocycles. The minimum atomic E-state index is -0.571. The second-order valence-corrected chi connectivity index (χ2v) is 7.33. The molecule has 3 atom stereocenters. The summed E-state index contributed by atoms with van der Waals surface area (Å²) >= 11 is 0. The number of aliphatic hydroxyl groups excluding tert-OH is 1. The Kier molecular flexibility index (Phi) is 6.67. The lowest BCUT2D eigenvalue weighted by molar-refractivity contribution is -0.123. The van der Waals surface area contributed by atoms with Gasteiger partial charge in [0.2, 0.25) is 5.91 Å². The molecular weight excluding hydrogens is 344 g/mol. The first kappa shape index (κ1) is 19.6. The Morgan fingerprint density at radius 1 is 1.33 bits per heavy atom. The molecular formula is C20H28N4O3. The maximum atomic E-state index is 11.8. The van der Waals surface area contributed by atoms with Crippen LogP contribution in [0.1, 0.15) is 25.3 Å². The highest BCUT2D eigenvalue weighted by Gasteiger charge is 2.40. The highest BCUT2D eigenvalue weighted by atomic mass is 16.5. The smallest absolute Gasteiger partial charge is 0.234 e. The van der Waals surface area contributed by atoms with E-state index in [1.54, 1.807) is 24.3 Å². The van der Waals surface area contributed by atoms with E-state index in [-0.39, 0.29) is 12.5 Å². The van der Waals surface area contributed by atoms with Gasteiger partial charge in [0.05, 0.1) is 18.2 Å². The predicted octanol–water partition coefficient (Wildman–Crippen LogP) is 0.583. The molecule has 0 saturated carbocycles. The van der Waals surface area contributed by atoms with Gasteiger partial charge in [-0.2, -0.15) is 5.26 Å². The molecule has 2 fully saturated rings. The number of aliphatic hydroxyl groups is 1. The Morgan fingerprint density at radius 2 is 2.00 bits per heavy atom. The van der Waals surface area contributed by atoms with Crippen LogP contribution in [0, 0.1) is 11.3 Å². The molecule has 3 rings (SSSR count). The molecule has 1 amide bonds. The number of hydrogen-bond donors (Lipinski definition) is 2. The third kappa shape index (κ3) is 5.19. The number of nitrogens with zero attached hydrogens (tertiary/aromatic N) is 3. The number of hydrogen-bond acceptors (Lipinski definition) is 6. The number of fused-ring (bicyclic) bond motifs is 2. The molecule has 0 aromatic heterocycles. The molecule has 2 heterocycles. The molecule has 146 valence electrons. The van der Waals surface area contributed by atoms with Gasteiger partial charge in [-0.3, -0.25) is 14.6 Å². The molecule has 1 aromatic rings. The summed E-state index contributed by atoms with van der Waals surface area (Å²) in [5.41, 5.74) is 0.588. The normalized spacial score (nSPS) is 23.6. The van der Waals surface area contributed by atoms with Crippen LogP contribution in [-0.2, 0) is 4.79 Å². The van der Waals surface area contributed by atoms with Gasteiger partial charge in [-0.05, 0) is 44.0 Å². The van der Waals surface area contributed by atoms with E-state index in [0.717, 1.165) is 25.9 Å². The van der Waals surface area contributed by atoms with Gasteiger partial charge in [-0.15, -0.1) is 0 Å².